The minimum absolute atomic E-state index is 0.263. The maximum atomic E-state index is 11.4. The topological polar surface area (TPSA) is 49.8 Å². The van der Waals surface area contributed by atoms with Crippen molar-refractivity contribution in [2.24, 2.45) is 0 Å². The van der Waals surface area contributed by atoms with Crippen molar-refractivity contribution >= 4 is 11.7 Å². The monoisotopic (exact) mass is 249 g/mol. The molecule has 2 rings (SSSR count). The van der Waals surface area contributed by atoms with Gasteiger partial charge in [-0.1, -0.05) is 18.6 Å². The van der Waals surface area contributed by atoms with Crippen molar-refractivity contribution in [1.82, 2.24) is 0 Å². The van der Waals surface area contributed by atoms with Gasteiger partial charge in [0.1, 0.15) is 0 Å². The van der Waals surface area contributed by atoms with Gasteiger partial charge in [-0.3, -0.25) is 0 Å². The van der Waals surface area contributed by atoms with Gasteiger partial charge < -0.3 is 14.7 Å². The summed E-state index contributed by atoms with van der Waals surface area (Å²) in [5, 5.41) is 9.32. The average Bonchev–Trinajstić information content (AvgIpc) is 2.38. The van der Waals surface area contributed by atoms with Gasteiger partial charge in [0.25, 0.3) is 0 Å². The molecule has 1 atom stereocenters. The number of ether oxygens (including phenoxy) is 1. The summed E-state index contributed by atoms with van der Waals surface area (Å²) in [6, 6.07) is 5.87. The third-order valence-corrected chi connectivity index (χ3v) is 3.39. The lowest BCUT2D eigenvalue weighted by molar-refractivity contribution is 0.0693. The van der Waals surface area contributed by atoms with Gasteiger partial charge >= 0.3 is 5.97 Å². The number of aromatic carboxylic acids is 1. The normalized spacial score (nSPS) is 19.9. The standard InChI is InChI=1S/C14H19NO3/c1-3-11-9-18-7-6-15(11)13-5-4-10(2)8-12(13)14(16)17/h4-5,8,11H,3,6-7,9H2,1-2H3,(H,16,17). The minimum Gasteiger partial charge on any atom is -0.478 e. The number of benzene rings is 1. The second-order valence-corrected chi connectivity index (χ2v) is 4.66. The number of hydrogen-bond donors (Lipinski definition) is 1. The molecule has 98 valence electrons. The highest BCUT2D eigenvalue weighted by molar-refractivity contribution is 5.94. The van der Waals surface area contributed by atoms with Gasteiger partial charge in [0, 0.05) is 6.54 Å². The summed E-state index contributed by atoms with van der Waals surface area (Å²) in [4.78, 5) is 13.5. The van der Waals surface area contributed by atoms with Crippen molar-refractivity contribution in [2.45, 2.75) is 26.3 Å². The van der Waals surface area contributed by atoms with Crippen LogP contribution in [0.2, 0.25) is 0 Å². The Morgan fingerprint density at radius 1 is 1.56 bits per heavy atom. The zero-order chi connectivity index (χ0) is 13.1. The molecule has 4 heteroatoms. The van der Waals surface area contributed by atoms with Crippen LogP contribution in [-0.4, -0.2) is 36.9 Å². The lowest BCUT2D eigenvalue weighted by Gasteiger charge is -2.37. The first-order valence-electron chi connectivity index (χ1n) is 6.31. The van der Waals surface area contributed by atoms with E-state index in [1.807, 2.05) is 19.1 Å². The molecule has 0 aromatic heterocycles. The van der Waals surface area contributed by atoms with Crippen LogP contribution in [0.3, 0.4) is 0 Å². The Labute approximate surface area is 107 Å². The maximum Gasteiger partial charge on any atom is 0.337 e. The Kier molecular flexibility index (Phi) is 3.87. The number of hydrogen-bond acceptors (Lipinski definition) is 3. The van der Waals surface area contributed by atoms with Crippen molar-refractivity contribution in [3.8, 4) is 0 Å². The summed E-state index contributed by atoms with van der Waals surface area (Å²) in [7, 11) is 0. The molecule has 4 nitrogen and oxygen atoms in total. The minimum atomic E-state index is -0.866. The van der Waals surface area contributed by atoms with Gasteiger partial charge in [0.05, 0.1) is 30.5 Å². The van der Waals surface area contributed by atoms with E-state index in [9.17, 15) is 9.90 Å². The Bertz CT molecular complexity index is 445. The summed E-state index contributed by atoms with van der Waals surface area (Å²) >= 11 is 0. The molecule has 1 saturated heterocycles. The summed E-state index contributed by atoms with van der Waals surface area (Å²) < 4.78 is 5.46. The van der Waals surface area contributed by atoms with Crippen LogP contribution in [0.5, 0.6) is 0 Å². The third-order valence-electron chi connectivity index (χ3n) is 3.39. The number of carboxylic acid groups (broad SMARTS) is 1. The molecule has 1 aliphatic heterocycles. The molecule has 18 heavy (non-hydrogen) atoms. The lowest BCUT2D eigenvalue weighted by atomic mass is 10.1. The summed E-state index contributed by atoms with van der Waals surface area (Å²) in [5.41, 5.74) is 2.16. The number of morpholine rings is 1. The maximum absolute atomic E-state index is 11.4. The molecule has 1 unspecified atom stereocenters. The fraction of sp³-hybridized carbons (Fsp3) is 0.500. The van der Waals surface area contributed by atoms with E-state index in [4.69, 9.17) is 4.74 Å². The predicted octanol–water partition coefficient (Wildman–Crippen LogP) is 2.31. The number of nitrogens with zero attached hydrogens (tertiary/aromatic N) is 1. The van der Waals surface area contributed by atoms with Gasteiger partial charge in [0.15, 0.2) is 0 Å². The van der Waals surface area contributed by atoms with Gasteiger partial charge in [-0.2, -0.15) is 0 Å². The fourth-order valence-electron chi connectivity index (χ4n) is 2.38. The van der Waals surface area contributed by atoms with Gasteiger partial charge in [-0.15, -0.1) is 0 Å². The number of aryl methyl sites for hydroxylation is 1. The zero-order valence-corrected chi connectivity index (χ0v) is 10.8. The molecule has 0 radical (unpaired) electrons. The fourth-order valence-corrected chi connectivity index (χ4v) is 2.38. The number of carbonyl (C=O) groups is 1. The Morgan fingerprint density at radius 3 is 3.00 bits per heavy atom. The number of anilines is 1. The van der Waals surface area contributed by atoms with Crippen molar-refractivity contribution in [3.63, 3.8) is 0 Å². The van der Waals surface area contributed by atoms with Crippen LogP contribution in [0.15, 0.2) is 18.2 Å². The van der Waals surface area contributed by atoms with Crippen LogP contribution in [-0.2, 0) is 4.74 Å². The van der Waals surface area contributed by atoms with Crippen LogP contribution in [0, 0.1) is 6.92 Å². The summed E-state index contributed by atoms with van der Waals surface area (Å²) in [6.45, 7) is 6.09. The zero-order valence-electron chi connectivity index (χ0n) is 10.8. The number of carboxylic acids is 1. The third kappa shape index (κ3) is 2.48. The molecule has 1 N–H and O–H groups in total. The molecule has 0 amide bonds. The number of rotatable bonds is 3. The Morgan fingerprint density at radius 2 is 2.33 bits per heavy atom. The molecule has 1 heterocycles. The van der Waals surface area contributed by atoms with Crippen molar-refractivity contribution in [1.29, 1.82) is 0 Å². The first kappa shape index (κ1) is 12.9. The van der Waals surface area contributed by atoms with E-state index in [2.05, 4.69) is 11.8 Å². The SMILES string of the molecule is CCC1COCCN1c1ccc(C)cc1C(=O)O. The van der Waals surface area contributed by atoms with E-state index in [0.29, 0.717) is 18.8 Å². The van der Waals surface area contributed by atoms with Gasteiger partial charge in [-0.05, 0) is 25.5 Å². The van der Waals surface area contributed by atoms with E-state index in [0.717, 1.165) is 24.2 Å². The van der Waals surface area contributed by atoms with Crippen LogP contribution in [0.1, 0.15) is 29.3 Å². The quantitative estimate of drug-likeness (QED) is 0.893. The van der Waals surface area contributed by atoms with Crippen molar-refractivity contribution in [3.05, 3.63) is 29.3 Å². The average molecular weight is 249 g/mol. The lowest BCUT2D eigenvalue weighted by Crippen LogP contribution is -2.45. The van der Waals surface area contributed by atoms with Crippen LogP contribution < -0.4 is 4.90 Å². The highest BCUT2D eigenvalue weighted by atomic mass is 16.5. The van der Waals surface area contributed by atoms with Gasteiger partial charge in [0.2, 0.25) is 0 Å². The predicted molar refractivity (Wildman–Crippen MR) is 70.4 cm³/mol. The second kappa shape index (κ2) is 5.40. The molecular weight excluding hydrogens is 230 g/mol. The van der Waals surface area contributed by atoms with E-state index in [-0.39, 0.29) is 6.04 Å². The van der Waals surface area contributed by atoms with E-state index in [1.165, 1.54) is 0 Å². The molecule has 1 fully saturated rings. The molecule has 0 saturated carbocycles. The largest absolute Gasteiger partial charge is 0.478 e. The van der Waals surface area contributed by atoms with Crippen molar-refractivity contribution < 1.29 is 14.6 Å². The first-order valence-corrected chi connectivity index (χ1v) is 6.31. The Balaban J connectivity index is 2.39. The van der Waals surface area contributed by atoms with Crippen molar-refractivity contribution in [2.75, 3.05) is 24.7 Å². The molecule has 0 spiro atoms. The smallest absolute Gasteiger partial charge is 0.337 e. The molecule has 1 aliphatic rings. The highest BCUT2D eigenvalue weighted by Crippen LogP contribution is 2.26. The first-order chi connectivity index (χ1) is 8.63. The molecule has 1 aromatic rings. The van der Waals surface area contributed by atoms with Gasteiger partial charge in [-0.25, -0.2) is 4.79 Å². The van der Waals surface area contributed by atoms with Crippen LogP contribution in [0.4, 0.5) is 5.69 Å². The van der Waals surface area contributed by atoms with Crippen LogP contribution in [0.25, 0.3) is 0 Å². The Hall–Kier alpha value is -1.55. The molecule has 0 aliphatic carbocycles. The highest BCUT2D eigenvalue weighted by Gasteiger charge is 2.25. The molecular formula is C14H19NO3. The molecule has 0 bridgehead atoms. The van der Waals surface area contributed by atoms with E-state index >= 15 is 0 Å². The summed E-state index contributed by atoms with van der Waals surface area (Å²) in [6.07, 6.45) is 0.951. The second-order valence-electron chi connectivity index (χ2n) is 4.66. The molecule has 1 aromatic carbocycles. The summed E-state index contributed by atoms with van der Waals surface area (Å²) in [5.74, 6) is -0.866. The van der Waals surface area contributed by atoms with E-state index < -0.39 is 5.97 Å². The van der Waals surface area contributed by atoms with Crippen LogP contribution >= 0.6 is 0 Å². The van der Waals surface area contributed by atoms with E-state index in [1.54, 1.807) is 6.07 Å².